The summed E-state index contributed by atoms with van der Waals surface area (Å²) in [7, 11) is -4.23. The van der Waals surface area contributed by atoms with Crippen molar-refractivity contribution in [2.45, 2.75) is 11.3 Å². The average Bonchev–Trinajstić information content (AvgIpc) is 2.52. The van der Waals surface area contributed by atoms with Crippen LogP contribution in [0.4, 0.5) is 5.69 Å². The molecule has 0 atom stereocenters. The van der Waals surface area contributed by atoms with E-state index in [0.717, 1.165) is 4.31 Å². The van der Waals surface area contributed by atoms with E-state index < -0.39 is 22.4 Å². The van der Waals surface area contributed by atoms with Crippen molar-refractivity contribution in [1.82, 2.24) is 0 Å². The summed E-state index contributed by atoms with van der Waals surface area (Å²) in [4.78, 5) is 10.7. The number of hydrogen-bond donors (Lipinski definition) is 1. The lowest BCUT2D eigenvalue weighted by Gasteiger charge is -2.25. The lowest BCUT2D eigenvalue weighted by atomic mass is 10.3. The molecule has 2 aromatic carbocycles. The Morgan fingerprint density at radius 2 is 1.52 bits per heavy atom. The Bertz CT molecular complexity index is 918. The normalized spacial score (nSPS) is 11.4. The van der Waals surface area contributed by atoms with E-state index in [1.807, 2.05) is 0 Å². The fraction of sp³-hybridized carbons (Fsp3) is 0.133. The van der Waals surface area contributed by atoms with Crippen molar-refractivity contribution in [3.05, 3.63) is 56.5 Å². The first kappa shape index (κ1) is 20.1. The number of nitrogens with zero attached hydrogens (tertiary/aromatic N) is 1. The molecule has 0 radical (unpaired) electrons. The number of hydrogen-bond acceptors (Lipinski definition) is 3. The maximum Gasteiger partial charge on any atom is 0.305 e. The molecule has 5 nitrogen and oxygen atoms in total. The number of carboxylic acids is 1. The number of anilines is 1. The van der Waals surface area contributed by atoms with E-state index in [-0.39, 0.29) is 37.2 Å². The molecule has 0 aliphatic rings. The third kappa shape index (κ3) is 4.71. The summed E-state index contributed by atoms with van der Waals surface area (Å²) in [5.74, 6) is -1.17. The highest BCUT2D eigenvalue weighted by molar-refractivity contribution is 7.93. The summed E-state index contributed by atoms with van der Waals surface area (Å²) in [6.45, 7) is -0.361. The Labute approximate surface area is 164 Å². The quantitative estimate of drug-likeness (QED) is 0.685. The molecule has 10 heteroatoms. The lowest BCUT2D eigenvalue weighted by molar-refractivity contribution is -0.136. The maximum atomic E-state index is 13.1. The van der Waals surface area contributed by atoms with Crippen LogP contribution in [0.5, 0.6) is 0 Å². The van der Waals surface area contributed by atoms with Crippen LogP contribution in [0, 0.1) is 0 Å². The summed E-state index contributed by atoms with van der Waals surface area (Å²) < 4.78 is 27.0. The number of rotatable bonds is 6. The highest BCUT2D eigenvalue weighted by Gasteiger charge is 2.29. The average molecular weight is 443 g/mol. The van der Waals surface area contributed by atoms with E-state index in [4.69, 9.17) is 51.5 Å². The van der Waals surface area contributed by atoms with Gasteiger partial charge in [0.2, 0.25) is 0 Å². The summed E-state index contributed by atoms with van der Waals surface area (Å²) in [6.07, 6.45) is -0.444. The van der Waals surface area contributed by atoms with Gasteiger partial charge in [0.1, 0.15) is 4.90 Å². The monoisotopic (exact) mass is 441 g/mol. The molecule has 0 amide bonds. The van der Waals surface area contributed by atoms with E-state index in [1.165, 1.54) is 36.4 Å². The number of carboxylic acid groups (broad SMARTS) is 1. The number of halogens is 4. The largest absolute Gasteiger partial charge is 0.481 e. The molecule has 0 aliphatic heterocycles. The van der Waals surface area contributed by atoms with Gasteiger partial charge in [0.15, 0.2) is 0 Å². The third-order valence-electron chi connectivity index (χ3n) is 3.17. The van der Waals surface area contributed by atoms with Gasteiger partial charge in [-0.15, -0.1) is 0 Å². The first-order valence-corrected chi connectivity index (χ1v) is 9.73. The van der Waals surface area contributed by atoms with E-state index >= 15 is 0 Å². The van der Waals surface area contributed by atoms with Crippen LogP contribution in [0.3, 0.4) is 0 Å². The van der Waals surface area contributed by atoms with Crippen LogP contribution in [-0.2, 0) is 14.8 Å². The lowest BCUT2D eigenvalue weighted by Crippen LogP contribution is -2.33. The van der Waals surface area contributed by atoms with Crippen LogP contribution in [0.25, 0.3) is 0 Å². The molecule has 2 aromatic rings. The summed E-state index contributed by atoms with van der Waals surface area (Å²) >= 11 is 23.9. The van der Waals surface area contributed by atoms with Gasteiger partial charge in [0.05, 0.1) is 22.2 Å². The second-order valence-electron chi connectivity index (χ2n) is 4.89. The van der Waals surface area contributed by atoms with Crippen molar-refractivity contribution in [2.75, 3.05) is 10.8 Å². The maximum absolute atomic E-state index is 13.1. The molecule has 0 saturated heterocycles. The van der Waals surface area contributed by atoms with E-state index in [0.29, 0.717) is 0 Å². The van der Waals surface area contributed by atoms with Gasteiger partial charge in [0.25, 0.3) is 10.0 Å². The molecule has 0 saturated carbocycles. The molecule has 0 aromatic heterocycles. The van der Waals surface area contributed by atoms with Gasteiger partial charge in [-0.05, 0) is 36.4 Å². The minimum atomic E-state index is -4.23. The minimum Gasteiger partial charge on any atom is -0.481 e. The topological polar surface area (TPSA) is 74.7 Å². The summed E-state index contributed by atoms with van der Waals surface area (Å²) in [6, 6.07) is 8.21. The summed E-state index contributed by atoms with van der Waals surface area (Å²) in [5, 5.41) is 9.39. The Kier molecular flexibility index (Phi) is 6.45. The van der Waals surface area contributed by atoms with Crippen LogP contribution in [0.2, 0.25) is 20.1 Å². The molecule has 0 aliphatic carbocycles. The van der Waals surface area contributed by atoms with E-state index in [9.17, 15) is 13.2 Å². The van der Waals surface area contributed by atoms with Crippen molar-refractivity contribution in [1.29, 1.82) is 0 Å². The van der Waals surface area contributed by atoms with Gasteiger partial charge in [-0.2, -0.15) is 0 Å². The Balaban J connectivity index is 2.63. The molecule has 1 N–H and O–H groups in total. The fourth-order valence-corrected chi connectivity index (χ4v) is 4.69. The predicted molar refractivity (Wildman–Crippen MR) is 99.7 cm³/mol. The third-order valence-corrected chi connectivity index (χ3v) is 6.25. The molecule has 25 heavy (non-hydrogen) atoms. The molecule has 0 unspecified atom stereocenters. The Morgan fingerprint density at radius 1 is 0.960 bits per heavy atom. The fourth-order valence-electron chi connectivity index (χ4n) is 2.04. The van der Waals surface area contributed by atoms with Gasteiger partial charge in [0, 0.05) is 16.6 Å². The van der Waals surface area contributed by atoms with Gasteiger partial charge in [-0.1, -0.05) is 46.4 Å². The van der Waals surface area contributed by atoms with Crippen LogP contribution in [0.15, 0.2) is 41.3 Å². The van der Waals surface area contributed by atoms with Crippen molar-refractivity contribution >= 4 is 68.1 Å². The van der Waals surface area contributed by atoms with Crippen molar-refractivity contribution in [2.24, 2.45) is 0 Å². The van der Waals surface area contributed by atoms with Crippen LogP contribution >= 0.6 is 46.4 Å². The molecule has 0 spiro atoms. The molecular formula is C15H11Cl4NO4S. The molecule has 134 valence electrons. The number of sulfonamides is 1. The SMILES string of the molecule is O=C(O)CCN(c1cc(Cl)ccc1Cl)S(=O)(=O)c1cc(Cl)ccc1Cl. The Morgan fingerprint density at radius 3 is 2.12 bits per heavy atom. The van der Waals surface area contributed by atoms with Crippen LogP contribution < -0.4 is 4.31 Å². The zero-order chi connectivity index (χ0) is 18.8. The molecule has 0 fully saturated rings. The highest BCUT2D eigenvalue weighted by atomic mass is 35.5. The summed E-state index contributed by atoms with van der Waals surface area (Å²) in [5.41, 5.74) is 0.0476. The van der Waals surface area contributed by atoms with Gasteiger partial charge < -0.3 is 5.11 Å². The smallest absolute Gasteiger partial charge is 0.305 e. The van der Waals surface area contributed by atoms with Crippen LogP contribution in [0.1, 0.15) is 6.42 Å². The molecule has 0 heterocycles. The number of carbonyl (C=O) groups is 1. The van der Waals surface area contributed by atoms with Gasteiger partial charge in [-0.3, -0.25) is 9.10 Å². The molecule has 2 rings (SSSR count). The second kappa shape index (κ2) is 8.01. The second-order valence-corrected chi connectivity index (χ2v) is 8.41. The van der Waals surface area contributed by atoms with Crippen molar-refractivity contribution in [3.63, 3.8) is 0 Å². The van der Waals surface area contributed by atoms with Crippen molar-refractivity contribution in [3.8, 4) is 0 Å². The zero-order valence-corrected chi connectivity index (χ0v) is 16.3. The minimum absolute atomic E-state index is 0.0476. The first-order valence-electron chi connectivity index (χ1n) is 6.77. The first-order chi connectivity index (χ1) is 11.6. The van der Waals surface area contributed by atoms with Crippen LogP contribution in [-0.4, -0.2) is 26.0 Å². The Hall–Kier alpha value is -1.18. The number of benzene rings is 2. The highest BCUT2D eigenvalue weighted by Crippen LogP contribution is 2.35. The van der Waals surface area contributed by atoms with Crippen molar-refractivity contribution < 1.29 is 18.3 Å². The molecule has 0 bridgehead atoms. The van der Waals surface area contributed by atoms with E-state index in [1.54, 1.807) is 0 Å². The standard InChI is InChI=1S/C15H11Cl4NO4S/c16-9-1-3-11(18)13(7-9)20(6-5-15(21)22)25(23,24)14-8-10(17)2-4-12(14)19/h1-4,7-8H,5-6H2,(H,21,22). The van der Waals surface area contributed by atoms with Gasteiger partial charge in [-0.25, -0.2) is 8.42 Å². The molecular weight excluding hydrogens is 432 g/mol. The predicted octanol–water partition coefficient (Wildman–Crippen LogP) is 4.97. The van der Waals surface area contributed by atoms with Gasteiger partial charge >= 0.3 is 5.97 Å². The zero-order valence-electron chi connectivity index (χ0n) is 12.4. The van der Waals surface area contributed by atoms with E-state index in [2.05, 4.69) is 0 Å². The number of aliphatic carboxylic acids is 1.